The van der Waals surface area contributed by atoms with Crippen molar-refractivity contribution in [3.63, 3.8) is 0 Å². The molecule has 8 heteroatoms. The minimum Gasteiger partial charge on any atom is -0.362 e. The average molecular weight is 440 g/mol. The minimum absolute atomic E-state index is 0.110. The number of carbonyl (C=O) groups excluding carboxylic acids is 1. The van der Waals surface area contributed by atoms with Crippen LogP contribution >= 0.6 is 0 Å². The Morgan fingerprint density at radius 3 is 2.38 bits per heavy atom. The van der Waals surface area contributed by atoms with Crippen molar-refractivity contribution in [1.29, 1.82) is 0 Å². The number of fused-ring (bicyclic) bond motifs is 1. The maximum Gasteiger partial charge on any atom is 0.225 e. The Kier molecular flexibility index (Phi) is 6.48. The molecule has 0 unspecified atom stereocenters. The molecule has 0 atom stereocenters. The summed E-state index contributed by atoms with van der Waals surface area (Å²) in [6, 6.07) is 11.8. The number of hydrogen-bond acceptors (Lipinski definition) is 5. The Balaban J connectivity index is 1.34. The molecule has 1 aromatic heterocycles. The fraction of sp³-hybridized carbons (Fsp3) is 0.375. The van der Waals surface area contributed by atoms with Crippen LogP contribution in [0.2, 0.25) is 0 Å². The van der Waals surface area contributed by atoms with Crippen molar-refractivity contribution in [3.8, 4) is 0 Å². The van der Waals surface area contributed by atoms with Crippen LogP contribution in [-0.4, -0.2) is 36.0 Å². The summed E-state index contributed by atoms with van der Waals surface area (Å²) in [5.41, 5.74) is 0.767. The molecule has 1 aliphatic rings. The highest BCUT2D eigenvalue weighted by atomic mass is 19.1. The highest BCUT2D eigenvalue weighted by Crippen LogP contribution is 2.28. The molecule has 3 aromatic rings. The maximum absolute atomic E-state index is 13.8. The first-order valence-electron chi connectivity index (χ1n) is 10.8. The summed E-state index contributed by atoms with van der Waals surface area (Å²) in [4.78, 5) is 23.8. The molecule has 0 radical (unpaired) electrons. The Morgan fingerprint density at radius 2 is 1.69 bits per heavy atom. The fourth-order valence-electron chi connectivity index (χ4n) is 4.17. The third kappa shape index (κ3) is 4.79. The van der Waals surface area contributed by atoms with E-state index in [1.54, 1.807) is 0 Å². The van der Waals surface area contributed by atoms with Crippen molar-refractivity contribution in [1.82, 2.24) is 15.3 Å². The van der Waals surface area contributed by atoms with Gasteiger partial charge >= 0.3 is 0 Å². The van der Waals surface area contributed by atoms with Gasteiger partial charge in [0, 0.05) is 43.5 Å². The van der Waals surface area contributed by atoms with Crippen molar-refractivity contribution in [2.75, 3.05) is 24.3 Å². The van der Waals surface area contributed by atoms with E-state index < -0.39 is 11.6 Å². The molecule has 4 rings (SSSR count). The molecule has 1 heterocycles. The number of amides is 1. The van der Waals surface area contributed by atoms with Crippen molar-refractivity contribution >= 4 is 28.6 Å². The normalized spacial score (nSPS) is 18.4. The van der Waals surface area contributed by atoms with Crippen LogP contribution in [0, 0.1) is 17.6 Å². The number of nitrogens with zero attached hydrogens (tertiary/aromatic N) is 3. The smallest absolute Gasteiger partial charge is 0.225 e. The summed E-state index contributed by atoms with van der Waals surface area (Å²) in [6.07, 6.45) is 2.97. The van der Waals surface area contributed by atoms with Gasteiger partial charge in [-0.1, -0.05) is 18.2 Å². The molecule has 1 amide bonds. The van der Waals surface area contributed by atoms with E-state index in [4.69, 9.17) is 0 Å². The number of nitrogens with one attached hydrogen (secondary N) is 2. The number of halogens is 2. The van der Waals surface area contributed by atoms with E-state index in [-0.39, 0.29) is 30.0 Å². The van der Waals surface area contributed by atoms with E-state index in [1.165, 1.54) is 18.2 Å². The molecular formula is C24H27F2N5O. The molecule has 32 heavy (non-hydrogen) atoms. The van der Waals surface area contributed by atoms with Gasteiger partial charge in [0.15, 0.2) is 0 Å². The molecule has 6 nitrogen and oxygen atoms in total. The SMILES string of the molecule is CN(C)c1nc(NC2CCC(C(=O)NCc3c(F)cccc3F)CC2)nc2ccccc12. The van der Waals surface area contributed by atoms with Crippen molar-refractivity contribution in [3.05, 3.63) is 59.7 Å². The molecule has 1 aliphatic carbocycles. The lowest BCUT2D eigenvalue weighted by Crippen LogP contribution is -2.36. The van der Waals surface area contributed by atoms with Crippen LogP contribution in [0.15, 0.2) is 42.5 Å². The van der Waals surface area contributed by atoms with Gasteiger partial charge < -0.3 is 15.5 Å². The highest BCUT2D eigenvalue weighted by Gasteiger charge is 2.27. The van der Waals surface area contributed by atoms with Crippen LogP contribution in [0.4, 0.5) is 20.5 Å². The first-order chi connectivity index (χ1) is 15.4. The van der Waals surface area contributed by atoms with E-state index >= 15 is 0 Å². The zero-order valence-corrected chi connectivity index (χ0v) is 18.2. The van der Waals surface area contributed by atoms with Crippen LogP contribution < -0.4 is 15.5 Å². The molecule has 2 aromatic carbocycles. The Hall–Kier alpha value is -3.29. The van der Waals surface area contributed by atoms with Gasteiger partial charge in [0.1, 0.15) is 17.5 Å². The van der Waals surface area contributed by atoms with E-state index in [0.29, 0.717) is 18.8 Å². The maximum atomic E-state index is 13.8. The second kappa shape index (κ2) is 9.46. The molecule has 0 bridgehead atoms. The number of rotatable bonds is 6. The molecule has 1 saturated carbocycles. The van der Waals surface area contributed by atoms with Gasteiger partial charge in [0.05, 0.1) is 5.52 Å². The zero-order valence-electron chi connectivity index (χ0n) is 18.2. The molecule has 168 valence electrons. The molecule has 0 spiro atoms. The third-order valence-corrected chi connectivity index (χ3v) is 5.94. The van der Waals surface area contributed by atoms with Crippen LogP contribution in [-0.2, 0) is 11.3 Å². The largest absolute Gasteiger partial charge is 0.362 e. The lowest BCUT2D eigenvalue weighted by Gasteiger charge is -2.28. The minimum atomic E-state index is -0.648. The molecule has 0 saturated heterocycles. The number of para-hydroxylation sites is 1. The second-order valence-corrected chi connectivity index (χ2v) is 8.39. The standard InChI is InChI=1S/C24H27F2N5O/c1-31(2)22-17-6-3-4-9-21(17)29-24(30-22)28-16-12-10-15(11-13-16)23(32)27-14-18-19(25)7-5-8-20(18)26/h3-9,15-16H,10-14H2,1-2H3,(H,27,32)(H,28,29,30). The summed E-state index contributed by atoms with van der Waals surface area (Å²) in [5.74, 6) is -0.195. The first kappa shape index (κ1) is 21.9. The number of hydrogen-bond donors (Lipinski definition) is 2. The van der Waals surface area contributed by atoms with Gasteiger partial charge in [-0.3, -0.25) is 4.79 Å². The Morgan fingerprint density at radius 1 is 1.00 bits per heavy atom. The lowest BCUT2D eigenvalue weighted by atomic mass is 9.85. The summed E-state index contributed by atoms with van der Waals surface area (Å²) >= 11 is 0. The van der Waals surface area contributed by atoms with Crippen LogP contribution in [0.3, 0.4) is 0 Å². The third-order valence-electron chi connectivity index (χ3n) is 5.94. The Bertz CT molecular complexity index is 1090. The summed E-state index contributed by atoms with van der Waals surface area (Å²) in [5, 5.41) is 7.10. The monoisotopic (exact) mass is 439 g/mol. The van der Waals surface area contributed by atoms with Gasteiger partial charge in [0.25, 0.3) is 0 Å². The van der Waals surface area contributed by atoms with Crippen LogP contribution in [0.5, 0.6) is 0 Å². The molecule has 2 N–H and O–H groups in total. The number of anilines is 2. The summed E-state index contributed by atoms with van der Waals surface area (Å²) in [6.45, 7) is -0.145. The van der Waals surface area contributed by atoms with Gasteiger partial charge in [-0.15, -0.1) is 0 Å². The van der Waals surface area contributed by atoms with E-state index in [2.05, 4.69) is 20.6 Å². The number of benzene rings is 2. The van der Waals surface area contributed by atoms with E-state index in [1.807, 2.05) is 43.3 Å². The summed E-state index contributed by atoms with van der Waals surface area (Å²) < 4.78 is 27.5. The molecule has 0 aliphatic heterocycles. The second-order valence-electron chi connectivity index (χ2n) is 8.39. The van der Waals surface area contributed by atoms with E-state index in [9.17, 15) is 13.6 Å². The quantitative estimate of drug-likeness (QED) is 0.601. The van der Waals surface area contributed by atoms with Gasteiger partial charge in [0.2, 0.25) is 11.9 Å². The lowest BCUT2D eigenvalue weighted by molar-refractivity contribution is -0.126. The number of carbonyl (C=O) groups is 1. The predicted octanol–water partition coefficient (Wildman–Crippen LogP) is 4.26. The topological polar surface area (TPSA) is 70.2 Å². The van der Waals surface area contributed by atoms with Crippen molar-refractivity contribution in [2.24, 2.45) is 5.92 Å². The fourth-order valence-corrected chi connectivity index (χ4v) is 4.17. The zero-order chi connectivity index (χ0) is 22.7. The van der Waals surface area contributed by atoms with E-state index in [0.717, 1.165) is 29.6 Å². The van der Waals surface area contributed by atoms with Gasteiger partial charge in [-0.25, -0.2) is 13.8 Å². The van der Waals surface area contributed by atoms with Crippen LogP contribution in [0.1, 0.15) is 31.2 Å². The summed E-state index contributed by atoms with van der Waals surface area (Å²) in [7, 11) is 3.91. The average Bonchev–Trinajstić information content (AvgIpc) is 2.78. The first-order valence-corrected chi connectivity index (χ1v) is 10.8. The van der Waals surface area contributed by atoms with Crippen molar-refractivity contribution in [2.45, 2.75) is 38.3 Å². The van der Waals surface area contributed by atoms with Crippen molar-refractivity contribution < 1.29 is 13.6 Å². The Labute approximate surface area is 186 Å². The molecular weight excluding hydrogens is 412 g/mol. The van der Waals surface area contributed by atoms with Gasteiger partial charge in [-0.05, 0) is 49.9 Å². The molecule has 1 fully saturated rings. The van der Waals surface area contributed by atoms with Crippen LogP contribution in [0.25, 0.3) is 10.9 Å². The predicted molar refractivity (Wildman–Crippen MR) is 121 cm³/mol. The van der Waals surface area contributed by atoms with Gasteiger partial charge in [-0.2, -0.15) is 4.98 Å². The highest BCUT2D eigenvalue weighted by molar-refractivity contribution is 5.90. The number of aromatic nitrogens is 2.